The molecule has 1 atom stereocenters. The molecule has 3 aromatic rings. The van der Waals surface area contributed by atoms with E-state index in [9.17, 15) is 4.79 Å². The van der Waals surface area contributed by atoms with Gasteiger partial charge in [-0.3, -0.25) is 9.89 Å². The van der Waals surface area contributed by atoms with Gasteiger partial charge < -0.3 is 9.42 Å². The molecule has 8 heteroatoms. The second-order valence-corrected chi connectivity index (χ2v) is 7.26. The van der Waals surface area contributed by atoms with E-state index in [1.807, 2.05) is 43.0 Å². The van der Waals surface area contributed by atoms with Gasteiger partial charge in [0.15, 0.2) is 5.82 Å². The molecular formula is C20H24N6O2. The Morgan fingerprint density at radius 3 is 2.82 bits per heavy atom. The zero-order chi connectivity index (χ0) is 19.5. The minimum atomic E-state index is -0.0194. The fraction of sp³-hybridized carbons (Fsp3) is 0.450. The molecule has 0 bridgehead atoms. The number of aromatic nitrogens is 5. The van der Waals surface area contributed by atoms with E-state index >= 15 is 0 Å². The third-order valence-electron chi connectivity index (χ3n) is 5.04. The van der Waals surface area contributed by atoms with Crippen molar-refractivity contribution in [3.05, 3.63) is 47.4 Å². The Kier molecular flexibility index (Phi) is 5.18. The van der Waals surface area contributed by atoms with E-state index in [2.05, 4.69) is 25.3 Å². The second-order valence-electron chi connectivity index (χ2n) is 7.26. The Morgan fingerprint density at radius 2 is 2.07 bits per heavy atom. The van der Waals surface area contributed by atoms with E-state index in [1.165, 1.54) is 5.56 Å². The molecule has 1 saturated heterocycles. The first kappa shape index (κ1) is 18.3. The fourth-order valence-electron chi connectivity index (χ4n) is 3.55. The highest BCUT2D eigenvalue weighted by Gasteiger charge is 2.32. The summed E-state index contributed by atoms with van der Waals surface area (Å²) in [4.78, 5) is 23.4. The number of carbonyl (C=O) groups excluding carboxylic acids is 1. The monoisotopic (exact) mass is 380 g/mol. The molecule has 1 aromatic carbocycles. The molecule has 0 spiro atoms. The first-order valence-corrected chi connectivity index (χ1v) is 9.68. The summed E-state index contributed by atoms with van der Waals surface area (Å²) in [6.07, 6.45) is 3.59. The van der Waals surface area contributed by atoms with Crippen molar-refractivity contribution in [2.45, 2.75) is 52.0 Å². The summed E-state index contributed by atoms with van der Waals surface area (Å²) in [5.74, 6) is 2.76. The van der Waals surface area contributed by atoms with Gasteiger partial charge in [0, 0.05) is 24.9 Å². The summed E-state index contributed by atoms with van der Waals surface area (Å²) in [7, 11) is 0. The maximum Gasteiger partial charge on any atom is 0.226 e. The van der Waals surface area contributed by atoms with Crippen LogP contribution in [0.2, 0.25) is 0 Å². The molecule has 3 heterocycles. The normalized spacial score (nSPS) is 16.6. The van der Waals surface area contributed by atoms with Gasteiger partial charge in [-0.15, -0.1) is 0 Å². The maximum absolute atomic E-state index is 12.7. The van der Waals surface area contributed by atoms with Gasteiger partial charge in [0.25, 0.3) is 0 Å². The fourth-order valence-corrected chi connectivity index (χ4v) is 3.55. The van der Waals surface area contributed by atoms with Crippen LogP contribution in [0.15, 0.2) is 28.8 Å². The predicted octanol–water partition coefficient (Wildman–Crippen LogP) is 3.16. The lowest BCUT2D eigenvalue weighted by molar-refractivity contribution is -0.132. The van der Waals surface area contributed by atoms with Crippen molar-refractivity contribution in [3.63, 3.8) is 0 Å². The van der Waals surface area contributed by atoms with Crippen molar-refractivity contribution in [1.82, 2.24) is 30.2 Å². The van der Waals surface area contributed by atoms with Crippen LogP contribution in [0.5, 0.6) is 0 Å². The van der Waals surface area contributed by atoms with Crippen LogP contribution in [0.4, 0.5) is 0 Å². The van der Waals surface area contributed by atoms with E-state index in [0.29, 0.717) is 36.8 Å². The molecule has 1 aliphatic rings. The van der Waals surface area contributed by atoms with Crippen molar-refractivity contribution in [1.29, 1.82) is 0 Å². The van der Waals surface area contributed by atoms with Crippen LogP contribution in [0.1, 0.15) is 54.8 Å². The molecular weight excluding hydrogens is 356 g/mol. The molecule has 146 valence electrons. The maximum atomic E-state index is 12.7. The van der Waals surface area contributed by atoms with Gasteiger partial charge in [-0.25, -0.2) is 4.98 Å². The smallest absolute Gasteiger partial charge is 0.226 e. The van der Waals surface area contributed by atoms with Crippen LogP contribution in [0, 0.1) is 13.8 Å². The van der Waals surface area contributed by atoms with Crippen LogP contribution >= 0.6 is 0 Å². The first-order chi connectivity index (χ1) is 13.6. The number of H-pyrrole nitrogens is 1. The number of nitrogens with zero attached hydrogens (tertiary/aromatic N) is 5. The van der Waals surface area contributed by atoms with Crippen LogP contribution in [0.25, 0.3) is 11.4 Å². The van der Waals surface area contributed by atoms with Crippen LogP contribution in [0.3, 0.4) is 0 Å². The molecule has 8 nitrogen and oxygen atoms in total. The van der Waals surface area contributed by atoms with Gasteiger partial charge in [-0.1, -0.05) is 35.0 Å². The van der Waals surface area contributed by atoms with Gasteiger partial charge in [0.1, 0.15) is 5.82 Å². The van der Waals surface area contributed by atoms with Crippen molar-refractivity contribution < 1.29 is 9.32 Å². The van der Waals surface area contributed by atoms with Crippen LogP contribution in [-0.4, -0.2) is 42.7 Å². The summed E-state index contributed by atoms with van der Waals surface area (Å²) in [5.41, 5.74) is 2.12. The average Bonchev–Trinajstić information content (AvgIpc) is 3.42. The molecule has 0 unspecified atom stereocenters. The highest BCUT2D eigenvalue weighted by atomic mass is 16.5. The molecule has 1 aliphatic heterocycles. The summed E-state index contributed by atoms with van der Waals surface area (Å²) >= 11 is 0. The number of likely N-dealkylation sites (tertiary alicyclic amines) is 1. The Bertz CT molecular complexity index is 946. The van der Waals surface area contributed by atoms with E-state index in [1.54, 1.807) is 0 Å². The molecule has 4 rings (SSSR count). The third-order valence-corrected chi connectivity index (χ3v) is 5.04. The largest absolute Gasteiger partial charge is 0.339 e. The number of hydrogen-bond donors (Lipinski definition) is 1. The molecule has 0 saturated carbocycles. The van der Waals surface area contributed by atoms with E-state index in [4.69, 9.17) is 4.52 Å². The molecule has 2 aromatic heterocycles. The average molecular weight is 380 g/mol. The molecule has 0 radical (unpaired) electrons. The van der Waals surface area contributed by atoms with Crippen molar-refractivity contribution in [2.24, 2.45) is 0 Å². The summed E-state index contributed by atoms with van der Waals surface area (Å²) in [6, 6.07) is 7.98. The standard InChI is InChI=1S/C20H24N6O2/c1-13-8-10-15(11-9-13)19-22-17(28-25-19)6-3-7-18(27)26-12-4-5-16(26)20-21-14(2)23-24-20/h8-11,16H,3-7,12H2,1-2H3,(H,21,23,24)/t16-/m1/s1. The quantitative estimate of drug-likeness (QED) is 0.705. The number of amides is 1. The van der Waals surface area contributed by atoms with Crippen molar-refractivity contribution >= 4 is 5.91 Å². The van der Waals surface area contributed by atoms with Crippen LogP contribution < -0.4 is 0 Å². The predicted molar refractivity (Wildman–Crippen MR) is 102 cm³/mol. The lowest BCUT2D eigenvalue weighted by Crippen LogP contribution is -2.31. The number of aromatic amines is 1. The minimum Gasteiger partial charge on any atom is -0.339 e. The van der Waals surface area contributed by atoms with Crippen LogP contribution in [-0.2, 0) is 11.2 Å². The van der Waals surface area contributed by atoms with E-state index < -0.39 is 0 Å². The van der Waals surface area contributed by atoms with Gasteiger partial charge in [0.2, 0.25) is 17.6 Å². The summed E-state index contributed by atoms with van der Waals surface area (Å²) < 4.78 is 5.34. The van der Waals surface area contributed by atoms with E-state index in [0.717, 1.165) is 30.8 Å². The lowest BCUT2D eigenvalue weighted by atomic mass is 10.1. The molecule has 1 amide bonds. The highest BCUT2D eigenvalue weighted by molar-refractivity contribution is 5.76. The summed E-state index contributed by atoms with van der Waals surface area (Å²) in [5, 5.41) is 11.1. The number of nitrogens with one attached hydrogen (secondary N) is 1. The summed E-state index contributed by atoms with van der Waals surface area (Å²) in [6.45, 7) is 4.67. The second kappa shape index (κ2) is 7.92. The van der Waals surface area contributed by atoms with Gasteiger partial charge >= 0.3 is 0 Å². The Labute approximate surface area is 163 Å². The molecule has 1 fully saturated rings. The number of hydrogen-bond acceptors (Lipinski definition) is 6. The van der Waals surface area contributed by atoms with Crippen molar-refractivity contribution in [2.75, 3.05) is 6.54 Å². The van der Waals surface area contributed by atoms with Gasteiger partial charge in [-0.2, -0.15) is 10.1 Å². The Balaban J connectivity index is 1.31. The first-order valence-electron chi connectivity index (χ1n) is 9.68. The number of benzene rings is 1. The third kappa shape index (κ3) is 3.95. The molecule has 1 N–H and O–H groups in total. The Morgan fingerprint density at radius 1 is 1.25 bits per heavy atom. The van der Waals surface area contributed by atoms with E-state index in [-0.39, 0.29) is 11.9 Å². The van der Waals surface area contributed by atoms with Gasteiger partial charge in [-0.05, 0) is 33.1 Å². The van der Waals surface area contributed by atoms with Gasteiger partial charge in [0.05, 0.1) is 6.04 Å². The van der Waals surface area contributed by atoms with Crippen molar-refractivity contribution in [3.8, 4) is 11.4 Å². The zero-order valence-corrected chi connectivity index (χ0v) is 16.2. The lowest BCUT2D eigenvalue weighted by Gasteiger charge is -2.22. The minimum absolute atomic E-state index is 0.0194. The highest BCUT2D eigenvalue weighted by Crippen LogP contribution is 2.30. The Hall–Kier alpha value is -3.03. The molecule has 0 aliphatic carbocycles. The number of aryl methyl sites for hydroxylation is 3. The zero-order valence-electron chi connectivity index (χ0n) is 16.2. The number of rotatable bonds is 6. The SMILES string of the molecule is Cc1ccc(-c2noc(CCCC(=O)N3CCC[C@@H]3c3n[nH]c(C)n3)n2)cc1. The molecule has 28 heavy (non-hydrogen) atoms. The number of carbonyl (C=O) groups is 1. The topological polar surface area (TPSA) is 101 Å².